The highest BCUT2D eigenvalue weighted by Crippen LogP contribution is 2.24. The van der Waals surface area contributed by atoms with Crippen LogP contribution in [0.4, 0.5) is 5.82 Å². The standard InChI is InChI=1S/C22H25ClN6O4/c1-33-17-4-2-15(23)12-14(17)13-28-8-10-29(11-9-28)20(31)7-6-19(30)25-18-5-3-16-21(26-18)27-22(32)24-16/h2-5,12H,6-11,13H2,1H3,(H3,24,25,26,27,30,32). The molecule has 4 rings (SSSR count). The molecule has 11 heteroatoms. The van der Waals surface area contributed by atoms with E-state index >= 15 is 0 Å². The second kappa shape index (κ2) is 10.1. The number of imidazole rings is 1. The van der Waals surface area contributed by atoms with Crippen molar-refractivity contribution in [2.75, 3.05) is 38.6 Å². The lowest BCUT2D eigenvalue weighted by Gasteiger charge is -2.35. The molecular formula is C22H25ClN6O4. The van der Waals surface area contributed by atoms with Gasteiger partial charge < -0.3 is 19.9 Å². The van der Waals surface area contributed by atoms with Gasteiger partial charge in [0, 0.05) is 56.2 Å². The maximum Gasteiger partial charge on any atom is 0.325 e. The van der Waals surface area contributed by atoms with Crippen LogP contribution in [-0.4, -0.2) is 69.9 Å². The quantitative estimate of drug-likeness (QED) is 0.483. The molecule has 2 amide bonds. The Morgan fingerprint density at radius 2 is 1.91 bits per heavy atom. The number of fused-ring (bicyclic) bond motifs is 1. The number of rotatable bonds is 7. The molecule has 0 radical (unpaired) electrons. The van der Waals surface area contributed by atoms with Gasteiger partial charge in [0.2, 0.25) is 11.8 Å². The van der Waals surface area contributed by atoms with E-state index in [4.69, 9.17) is 16.3 Å². The van der Waals surface area contributed by atoms with E-state index < -0.39 is 0 Å². The van der Waals surface area contributed by atoms with Gasteiger partial charge >= 0.3 is 5.69 Å². The van der Waals surface area contributed by atoms with Gasteiger partial charge in [-0.05, 0) is 30.3 Å². The van der Waals surface area contributed by atoms with E-state index in [1.165, 1.54) is 0 Å². The number of nitrogens with zero attached hydrogens (tertiary/aromatic N) is 3. The second-order valence-electron chi connectivity index (χ2n) is 7.83. The molecule has 0 bridgehead atoms. The highest BCUT2D eigenvalue weighted by molar-refractivity contribution is 6.30. The molecule has 2 aromatic heterocycles. The molecule has 0 saturated carbocycles. The summed E-state index contributed by atoms with van der Waals surface area (Å²) in [6, 6.07) is 8.80. The van der Waals surface area contributed by atoms with E-state index in [2.05, 4.69) is 25.2 Å². The van der Waals surface area contributed by atoms with Crippen molar-refractivity contribution in [3.05, 3.63) is 51.4 Å². The third kappa shape index (κ3) is 5.71. The highest BCUT2D eigenvalue weighted by Gasteiger charge is 2.22. The summed E-state index contributed by atoms with van der Waals surface area (Å²) in [5.41, 5.74) is 1.57. The summed E-state index contributed by atoms with van der Waals surface area (Å²) in [7, 11) is 1.63. The first-order valence-electron chi connectivity index (χ1n) is 10.6. The molecule has 3 aromatic rings. The fourth-order valence-electron chi connectivity index (χ4n) is 3.84. The van der Waals surface area contributed by atoms with E-state index in [-0.39, 0.29) is 30.3 Å². The number of aromatic nitrogens is 3. The van der Waals surface area contributed by atoms with Crippen LogP contribution < -0.4 is 15.7 Å². The lowest BCUT2D eigenvalue weighted by atomic mass is 10.1. The van der Waals surface area contributed by atoms with Crippen LogP contribution in [0.3, 0.4) is 0 Å². The van der Waals surface area contributed by atoms with E-state index in [9.17, 15) is 14.4 Å². The van der Waals surface area contributed by atoms with Crippen molar-refractivity contribution < 1.29 is 14.3 Å². The molecule has 1 aliphatic heterocycles. The Labute approximate surface area is 194 Å². The fourth-order valence-corrected chi connectivity index (χ4v) is 4.03. The number of halogens is 1. The summed E-state index contributed by atoms with van der Waals surface area (Å²) in [5.74, 6) is 0.754. The van der Waals surface area contributed by atoms with Gasteiger partial charge in [-0.3, -0.25) is 19.5 Å². The summed E-state index contributed by atoms with van der Waals surface area (Å²) in [5, 5.41) is 3.33. The first-order valence-corrected chi connectivity index (χ1v) is 11.0. The minimum Gasteiger partial charge on any atom is -0.496 e. The summed E-state index contributed by atoms with van der Waals surface area (Å²) in [4.78, 5) is 49.5. The van der Waals surface area contributed by atoms with Crippen LogP contribution in [0.25, 0.3) is 11.2 Å². The third-order valence-electron chi connectivity index (χ3n) is 5.57. The lowest BCUT2D eigenvalue weighted by molar-refractivity contribution is -0.134. The zero-order valence-electron chi connectivity index (χ0n) is 18.2. The smallest absolute Gasteiger partial charge is 0.325 e. The van der Waals surface area contributed by atoms with Crippen LogP contribution in [0.2, 0.25) is 5.02 Å². The van der Waals surface area contributed by atoms with Crippen LogP contribution in [0.1, 0.15) is 18.4 Å². The minimum atomic E-state index is -0.363. The van der Waals surface area contributed by atoms with E-state index in [1.54, 1.807) is 30.2 Å². The number of hydrogen-bond acceptors (Lipinski definition) is 6. The summed E-state index contributed by atoms with van der Waals surface area (Å²) in [6.45, 7) is 3.35. The largest absolute Gasteiger partial charge is 0.496 e. The zero-order chi connectivity index (χ0) is 23.4. The van der Waals surface area contributed by atoms with E-state index in [1.807, 2.05) is 12.1 Å². The van der Waals surface area contributed by atoms with Gasteiger partial charge in [-0.1, -0.05) is 11.6 Å². The van der Waals surface area contributed by atoms with Gasteiger partial charge in [-0.25, -0.2) is 9.78 Å². The predicted molar refractivity (Wildman–Crippen MR) is 124 cm³/mol. The first-order chi connectivity index (χ1) is 15.9. The topological polar surface area (TPSA) is 123 Å². The maximum absolute atomic E-state index is 12.6. The SMILES string of the molecule is COc1ccc(Cl)cc1CN1CCN(C(=O)CCC(=O)Nc2ccc3[nH]c(=O)[nH]c3n2)CC1. The Morgan fingerprint density at radius 3 is 2.67 bits per heavy atom. The van der Waals surface area contributed by atoms with Gasteiger partial charge in [-0.15, -0.1) is 0 Å². The van der Waals surface area contributed by atoms with Gasteiger partial charge in [-0.2, -0.15) is 0 Å². The number of amides is 2. The summed E-state index contributed by atoms with van der Waals surface area (Å²) in [6.07, 6.45) is 0.180. The van der Waals surface area contributed by atoms with E-state index in [0.29, 0.717) is 41.6 Å². The van der Waals surface area contributed by atoms with Crippen molar-refractivity contribution >= 4 is 40.4 Å². The normalized spacial score (nSPS) is 14.4. The molecule has 1 saturated heterocycles. The Balaban J connectivity index is 1.23. The summed E-state index contributed by atoms with van der Waals surface area (Å²) < 4.78 is 5.41. The molecule has 10 nitrogen and oxygen atoms in total. The number of aromatic amines is 2. The molecular weight excluding hydrogens is 448 g/mol. The van der Waals surface area contributed by atoms with Crippen molar-refractivity contribution in [3.63, 3.8) is 0 Å². The fraction of sp³-hybridized carbons (Fsp3) is 0.364. The van der Waals surface area contributed by atoms with Crippen molar-refractivity contribution in [1.29, 1.82) is 0 Å². The maximum atomic E-state index is 12.6. The molecule has 3 heterocycles. The Hall–Kier alpha value is -3.37. The molecule has 174 valence electrons. The van der Waals surface area contributed by atoms with Crippen LogP contribution in [0, 0.1) is 0 Å². The van der Waals surface area contributed by atoms with E-state index in [0.717, 1.165) is 24.4 Å². The number of piperazine rings is 1. The van der Waals surface area contributed by atoms with Crippen LogP contribution in [0.5, 0.6) is 5.75 Å². The van der Waals surface area contributed by atoms with Crippen molar-refractivity contribution in [1.82, 2.24) is 24.8 Å². The molecule has 1 aliphatic rings. The van der Waals surface area contributed by atoms with Crippen LogP contribution in [0.15, 0.2) is 35.1 Å². The zero-order valence-corrected chi connectivity index (χ0v) is 18.9. The van der Waals surface area contributed by atoms with Crippen LogP contribution >= 0.6 is 11.6 Å². The number of benzene rings is 1. The number of anilines is 1. The predicted octanol–water partition coefficient (Wildman–Crippen LogP) is 1.98. The average Bonchev–Trinajstić information content (AvgIpc) is 3.17. The number of methoxy groups -OCH3 is 1. The molecule has 0 atom stereocenters. The van der Waals surface area contributed by atoms with Crippen molar-refractivity contribution in [2.24, 2.45) is 0 Å². The number of H-pyrrole nitrogens is 2. The number of carbonyl (C=O) groups is 2. The average molecular weight is 473 g/mol. The van der Waals surface area contributed by atoms with Gasteiger partial charge in [0.25, 0.3) is 0 Å². The molecule has 1 fully saturated rings. The van der Waals surface area contributed by atoms with Crippen LogP contribution in [-0.2, 0) is 16.1 Å². The Kier molecular flexibility index (Phi) is 6.95. The number of hydrogen-bond donors (Lipinski definition) is 3. The molecule has 1 aromatic carbocycles. The highest BCUT2D eigenvalue weighted by atomic mass is 35.5. The van der Waals surface area contributed by atoms with Crippen molar-refractivity contribution in [2.45, 2.75) is 19.4 Å². The monoisotopic (exact) mass is 472 g/mol. The molecule has 0 aliphatic carbocycles. The third-order valence-corrected chi connectivity index (χ3v) is 5.81. The Morgan fingerprint density at radius 1 is 1.12 bits per heavy atom. The second-order valence-corrected chi connectivity index (χ2v) is 8.27. The number of ether oxygens (including phenoxy) is 1. The van der Waals surface area contributed by atoms with Gasteiger partial charge in [0.1, 0.15) is 11.6 Å². The Bertz CT molecular complexity index is 1220. The number of nitrogens with one attached hydrogen (secondary N) is 3. The molecule has 33 heavy (non-hydrogen) atoms. The first kappa shape index (κ1) is 22.8. The number of pyridine rings is 1. The van der Waals surface area contributed by atoms with Gasteiger partial charge in [0.15, 0.2) is 5.65 Å². The summed E-state index contributed by atoms with van der Waals surface area (Å²) >= 11 is 6.12. The molecule has 0 unspecified atom stereocenters. The van der Waals surface area contributed by atoms with Gasteiger partial charge in [0.05, 0.1) is 12.6 Å². The number of carbonyl (C=O) groups excluding carboxylic acids is 2. The minimum absolute atomic E-state index is 0.0523. The van der Waals surface area contributed by atoms with Crippen molar-refractivity contribution in [3.8, 4) is 5.75 Å². The lowest BCUT2D eigenvalue weighted by Crippen LogP contribution is -2.48. The molecule has 0 spiro atoms. The molecule has 3 N–H and O–H groups in total.